The summed E-state index contributed by atoms with van der Waals surface area (Å²) in [5.74, 6) is -2.33. The van der Waals surface area contributed by atoms with E-state index in [2.05, 4.69) is 14.8 Å². The fourth-order valence-corrected chi connectivity index (χ4v) is 6.30. The molecule has 12 nitrogen and oxygen atoms in total. The number of allylic oxidation sites excluding steroid dienone is 1. The van der Waals surface area contributed by atoms with Crippen LogP contribution in [0.2, 0.25) is 0 Å². The van der Waals surface area contributed by atoms with E-state index < -0.39 is 57.6 Å². The van der Waals surface area contributed by atoms with Gasteiger partial charge in [0.1, 0.15) is 11.6 Å². The quantitative estimate of drug-likeness (QED) is 0.374. The van der Waals surface area contributed by atoms with Crippen molar-refractivity contribution in [3.8, 4) is 0 Å². The minimum atomic E-state index is -4.29. The average molecular weight is 576 g/mol. The summed E-state index contributed by atoms with van der Waals surface area (Å²) in [4.78, 5) is 53.0. The molecule has 13 heteroatoms. The van der Waals surface area contributed by atoms with Crippen LogP contribution in [0.1, 0.15) is 63.9 Å². The van der Waals surface area contributed by atoms with Crippen molar-refractivity contribution in [3.63, 3.8) is 0 Å². The van der Waals surface area contributed by atoms with Gasteiger partial charge in [0.15, 0.2) is 6.10 Å². The lowest BCUT2D eigenvalue weighted by molar-refractivity contribution is -0.146. The van der Waals surface area contributed by atoms with E-state index in [9.17, 15) is 27.6 Å². The van der Waals surface area contributed by atoms with Gasteiger partial charge in [0.05, 0.1) is 5.69 Å². The lowest BCUT2D eigenvalue weighted by Crippen LogP contribution is -2.57. The van der Waals surface area contributed by atoms with E-state index in [-0.39, 0.29) is 19.4 Å². The van der Waals surface area contributed by atoms with Crippen molar-refractivity contribution in [2.75, 3.05) is 11.3 Å². The molecule has 1 aliphatic carbocycles. The molecule has 1 saturated heterocycles. The van der Waals surface area contributed by atoms with Crippen LogP contribution in [0.15, 0.2) is 36.4 Å². The molecule has 2 aliphatic heterocycles. The summed E-state index contributed by atoms with van der Waals surface area (Å²) in [6.45, 7) is 2.27. The summed E-state index contributed by atoms with van der Waals surface area (Å²) in [6, 6.07) is 5.90. The van der Waals surface area contributed by atoms with Crippen LogP contribution in [0, 0.1) is 5.92 Å². The third-order valence-corrected chi connectivity index (χ3v) is 8.64. The molecule has 2 fully saturated rings. The number of amides is 4. The number of anilines is 1. The summed E-state index contributed by atoms with van der Waals surface area (Å²) >= 11 is 0. The van der Waals surface area contributed by atoms with Gasteiger partial charge >= 0.3 is 16.3 Å². The fraction of sp³-hybridized carbons (Fsp3) is 0.556. The van der Waals surface area contributed by atoms with E-state index in [1.165, 1.54) is 4.90 Å². The highest BCUT2D eigenvalue weighted by Gasteiger charge is 2.61. The number of carbonyl (C=O) groups excluding carboxylic acids is 4. The first-order valence-electron chi connectivity index (χ1n) is 13.7. The van der Waals surface area contributed by atoms with Crippen LogP contribution >= 0.6 is 0 Å². The zero-order valence-electron chi connectivity index (χ0n) is 22.6. The maximum Gasteiger partial charge on any atom is 0.405 e. The molecule has 40 heavy (non-hydrogen) atoms. The summed E-state index contributed by atoms with van der Waals surface area (Å²) in [7, 11) is -4.29. The zero-order chi connectivity index (χ0) is 28.9. The molecule has 3 aliphatic rings. The van der Waals surface area contributed by atoms with Gasteiger partial charge < -0.3 is 20.7 Å². The average Bonchev–Trinajstić information content (AvgIpc) is 3.36. The van der Waals surface area contributed by atoms with Crippen molar-refractivity contribution in [1.29, 1.82) is 0 Å². The Kier molecular flexibility index (Phi) is 9.02. The van der Waals surface area contributed by atoms with E-state index >= 15 is 0 Å². The van der Waals surface area contributed by atoms with Gasteiger partial charge in [0.25, 0.3) is 11.8 Å². The number of carbonyl (C=O) groups is 4. The van der Waals surface area contributed by atoms with E-state index in [1.54, 1.807) is 24.3 Å². The predicted molar refractivity (Wildman–Crippen MR) is 147 cm³/mol. The fourth-order valence-electron chi connectivity index (χ4n) is 5.38. The molecule has 2 heterocycles. The second-order valence-electron chi connectivity index (χ2n) is 10.5. The Morgan fingerprint density at radius 2 is 1.88 bits per heavy atom. The number of primary amides is 1. The van der Waals surface area contributed by atoms with E-state index in [0.717, 1.165) is 24.8 Å². The van der Waals surface area contributed by atoms with Crippen LogP contribution in [-0.4, -0.2) is 61.4 Å². The lowest BCUT2D eigenvalue weighted by atomic mass is 10.1. The summed E-state index contributed by atoms with van der Waals surface area (Å²) < 4.78 is 35.2. The minimum absolute atomic E-state index is 0.218. The first kappa shape index (κ1) is 29.4. The van der Waals surface area contributed by atoms with Gasteiger partial charge in [-0.25, -0.2) is 9.52 Å². The normalized spacial score (nSPS) is 28.1. The maximum atomic E-state index is 13.5. The summed E-state index contributed by atoms with van der Waals surface area (Å²) in [5.41, 5.74) is 5.05. The molecule has 0 bridgehead atoms. The number of nitrogens with one attached hydrogen (secondary N) is 3. The van der Waals surface area contributed by atoms with E-state index in [0.29, 0.717) is 31.4 Å². The molecular weight excluding hydrogens is 538 g/mol. The standard InChI is InChI=1S/C27H37N5O7S/c1-2-18-12-14-20(15-13-18)30-40(37,38)31-25(35)27-17-19(27)9-6-4-3-5-7-11-22(39-26(28)36)24(34)32-16-8-10-21(32)23(33)29-27/h6,9,12-15,19,21-22,30H,2-5,7-8,10-11,16-17H2,1H3,(H2,28,36)(H,29,33)(H,31,35)/b9-6-. The van der Waals surface area contributed by atoms with Crippen LogP contribution in [0.3, 0.4) is 0 Å². The Hall–Kier alpha value is -3.61. The van der Waals surface area contributed by atoms with E-state index in [1.807, 2.05) is 19.1 Å². The number of benzene rings is 1. The molecule has 0 radical (unpaired) electrons. The van der Waals surface area contributed by atoms with Gasteiger partial charge in [-0.2, -0.15) is 8.42 Å². The van der Waals surface area contributed by atoms with Crippen molar-refractivity contribution in [1.82, 2.24) is 14.9 Å². The predicted octanol–water partition coefficient (Wildman–Crippen LogP) is 1.87. The number of aryl methyl sites for hydroxylation is 1. The second kappa shape index (κ2) is 12.3. The molecule has 4 unspecified atom stereocenters. The molecule has 0 spiro atoms. The summed E-state index contributed by atoms with van der Waals surface area (Å²) in [5, 5.41) is 2.77. The van der Waals surface area contributed by atoms with Gasteiger partial charge in [-0.1, -0.05) is 37.6 Å². The SMILES string of the molecule is CCc1ccc(NS(=O)(=O)NC(=O)C23CC2/C=C\CCCCCC(OC(N)=O)C(=O)N2CCCC2C(=O)N3)cc1. The molecule has 218 valence electrons. The Morgan fingerprint density at radius 1 is 1.12 bits per heavy atom. The maximum absolute atomic E-state index is 13.5. The second-order valence-corrected chi connectivity index (χ2v) is 12.0. The van der Waals surface area contributed by atoms with Gasteiger partial charge in [-0.15, -0.1) is 0 Å². The zero-order valence-corrected chi connectivity index (χ0v) is 23.4. The Balaban J connectivity index is 1.53. The molecule has 1 aromatic rings. The van der Waals surface area contributed by atoms with Gasteiger partial charge in [-0.05, 0) is 69.1 Å². The topological polar surface area (TPSA) is 177 Å². The largest absolute Gasteiger partial charge is 0.436 e. The molecule has 0 aromatic heterocycles. The van der Waals surface area contributed by atoms with Gasteiger partial charge in [0.2, 0.25) is 5.91 Å². The molecule has 1 aromatic carbocycles. The Bertz CT molecular complexity index is 1270. The molecule has 4 rings (SSSR count). The number of nitrogens with zero attached hydrogens (tertiary/aromatic N) is 1. The smallest absolute Gasteiger partial charge is 0.405 e. The monoisotopic (exact) mass is 575 g/mol. The highest BCUT2D eigenvalue weighted by molar-refractivity contribution is 7.91. The van der Waals surface area contributed by atoms with Crippen molar-refractivity contribution in [3.05, 3.63) is 42.0 Å². The van der Waals surface area contributed by atoms with Crippen LogP contribution in [0.5, 0.6) is 0 Å². The number of hydrogen-bond donors (Lipinski definition) is 4. The first-order valence-corrected chi connectivity index (χ1v) is 15.2. The number of nitrogens with two attached hydrogens (primary N) is 1. The van der Waals surface area contributed by atoms with Crippen molar-refractivity contribution in [2.24, 2.45) is 11.7 Å². The number of ether oxygens (including phenoxy) is 1. The number of hydrogen-bond acceptors (Lipinski definition) is 7. The molecule has 4 atom stereocenters. The number of fused-ring (bicyclic) bond motifs is 2. The third kappa shape index (κ3) is 6.93. The molecule has 5 N–H and O–H groups in total. The Morgan fingerprint density at radius 3 is 2.58 bits per heavy atom. The highest BCUT2D eigenvalue weighted by Crippen LogP contribution is 2.45. The molecule has 1 saturated carbocycles. The van der Waals surface area contributed by atoms with Gasteiger partial charge in [-0.3, -0.25) is 19.1 Å². The summed E-state index contributed by atoms with van der Waals surface area (Å²) in [6.07, 6.45) is 6.69. The highest BCUT2D eigenvalue weighted by atomic mass is 32.2. The van der Waals surface area contributed by atoms with Gasteiger partial charge in [0, 0.05) is 12.5 Å². The van der Waals surface area contributed by atoms with E-state index in [4.69, 9.17) is 10.5 Å². The van der Waals surface area contributed by atoms with Crippen molar-refractivity contribution in [2.45, 2.75) is 82.4 Å². The van der Waals surface area contributed by atoms with Crippen LogP contribution in [0.25, 0.3) is 0 Å². The van der Waals surface area contributed by atoms with Crippen molar-refractivity contribution >= 4 is 39.7 Å². The van der Waals surface area contributed by atoms with Crippen LogP contribution in [0.4, 0.5) is 10.5 Å². The first-order chi connectivity index (χ1) is 19.0. The minimum Gasteiger partial charge on any atom is -0.436 e. The Labute approximate surface area is 234 Å². The third-order valence-electron chi connectivity index (χ3n) is 7.69. The lowest BCUT2D eigenvalue weighted by Gasteiger charge is -2.29. The van der Waals surface area contributed by atoms with Crippen LogP contribution in [-0.2, 0) is 35.8 Å². The molecular formula is C27H37N5O7S. The molecule has 4 amide bonds. The van der Waals surface area contributed by atoms with Crippen LogP contribution < -0.4 is 20.5 Å². The van der Waals surface area contributed by atoms with Crippen molar-refractivity contribution < 1.29 is 32.3 Å². The number of rotatable bonds is 6.